The molecule has 0 bridgehead atoms. The maximum atomic E-state index is 12.4. The first kappa shape index (κ1) is 18.0. The number of benzene rings is 3. The summed E-state index contributed by atoms with van der Waals surface area (Å²) in [6.07, 6.45) is 1.01. The quantitative estimate of drug-likeness (QED) is 0.500. The van der Waals surface area contributed by atoms with E-state index < -0.39 is 0 Å². The predicted octanol–water partition coefficient (Wildman–Crippen LogP) is 5.04. The molecule has 0 spiro atoms. The minimum Gasteiger partial charge on any atom is -0.350 e. The number of rotatable bonds is 6. The summed E-state index contributed by atoms with van der Waals surface area (Å²) in [6, 6.07) is 26.5. The Labute approximate surface area is 164 Å². The van der Waals surface area contributed by atoms with E-state index in [9.17, 15) is 4.79 Å². The molecule has 0 fully saturated rings. The molecule has 0 aliphatic rings. The second-order valence-corrected chi connectivity index (χ2v) is 6.98. The monoisotopic (exact) mass is 369 g/mol. The van der Waals surface area contributed by atoms with Crippen LogP contribution in [-0.2, 0) is 11.2 Å². The summed E-state index contributed by atoms with van der Waals surface area (Å²) in [6.45, 7) is 2.01. The van der Waals surface area contributed by atoms with E-state index in [1.165, 1.54) is 11.1 Å². The van der Waals surface area contributed by atoms with Crippen LogP contribution in [0.5, 0.6) is 0 Å². The lowest BCUT2D eigenvalue weighted by Crippen LogP contribution is -2.26. The Morgan fingerprint density at radius 2 is 1.61 bits per heavy atom. The van der Waals surface area contributed by atoms with E-state index in [4.69, 9.17) is 0 Å². The zero-order valence-corrected chi connectivity index (χ0v) is 15.9. The highest BCUT2D eigenvalue weighted by Gasteiger charge is 2.11. The van der Waals surface area contributed by atoms with Gasteiger partial charge in [-0.15, -0.1) is 0 Å². The van der Waals surface area contributed by atoms with E-state index in [1.54, 1.807) is 0 Å². The maximum Gasteiger partial charge on any atom is 0.220 e. The number of hydrogen-bond donors (Lipinski definition) is 2. The number of aryl methyl sites for hydroxylation is 1. The van der Waals surface area contributed by atoms with Crippen LogP contribution in [0, 0.1) is 0 Å². The summed E-state index contributed by atoms with van der Waals surface area (Å²) in [7, 11) is 0. The summed E-state index contributed by atoms with van der Waals surface area (Å²) < 4.78 is 0. The number of para-hydroxylation sites is 2. The number of amides is 1. The summed E-state index contributed by atoms with van der Waals surface area (Å²) in [5, 5.41) is 3.08. The first-order valence-corrected chi connectivity index (χ1v) is 9.57. The third-order valence-electron chi connectivity index (χ3n) is 4.92. The van der Waals surface area contributed by atoms with Crippen molar-refractivity contribution >= 4 is 16.9 Å². The fraction of sp³-hybridized carbons (Fsp3) is 0.167. The standard InChI is InChI=1S/C24H23N3O/c1-17(18-11-13-20(14-12-18)19-7-3-2-4-8-19)25-24(28)16-15-23-26-21-9-5-6-10-22(21)27-23/h2-14,17H,15-16H2,1H3,(H,25,28)(H,26,27)/t17-/m0/s1. The molecular formula is C24H23N3O. The number of nitrogens with one attached hydrogen (secondary N) is 2. The van der Waals surface area contributed by atoms with Gasteiger partial charge in [0.15, 0.2) is 0 Å². The maximum absolute atomic E-state index is 12.4. The number of carbonyl (C=O) groups excluding carboxylic acids is 1. The van der Waals surface area contributed by atoms with Crippen molar-refractivity contribution < 1.29 is 4.79 Å². The van der Waals surface area contributed by atoms with Crippen LogP contribution in [0.4, 0.5) is 0 Å². The molecule has 4 nitrogen and oxygen atoms in total. The lowest BCUT2D eigenvalue weighted by atomic mass is 10.0. The highest BCUT2D eigenvalue weighted by molar-refractivity contribution is 5.77. The number of fused-ring (bicyclic) bond motifs is 1. The zero-order valence-electron chi connectivity index (χ0n) is 15.9. The molecule has 0 saturated carbocycles. The molecule has 140 valence electrons. The second-order valence-electron chi connectivity index (χ2n) is 6.98. The van der Waals surface area contributed by atoms with Crippen LogP contribution in [0.3, 0.4) is 0 Å². The van der Waals surface area contributed by atoms with Gasteiger partial charge >= 0.3 is 0 Å². The highest BCUT2D eigenvalue weighted by atomic mass is 16.1. The lowest BCUT2D eigenvalue weighted by molar-refractivity contribution is -0.121. The number of aromatic amines is 1. The van der Waals surface area contributed by atoms with Crippen molar-refractivity contribution in [3.63, 3.8) is 0 Å². The molecule has 3 aromatic carbocycles. The molecular weight excluding hydrogens is 346 g/mol. The second kappa shape index (κ2) is 8.09. The molecule has 0 unspecified atom stereocenters. The molecule has 4 aromatic rings. The highest BCUT2D eigenvalue weighted by Crippen LogP contribution is 2.22. The summed E-state index contributed by atoms with van der Waals surface area (Å²) in [4.78, 5) is 20.1. The van der Waals surface area contributed by atoms with E-state index in [2.05, 4.69) is 51.7 Å². The van der Waals surface area contributed by atoms with E-state index in [1.807, 2.05) is 49.4 Å². The number of nitrogens with zero attached hydrogens (tertiary/aromatic N) is 1. The van der Waals surface area contributed by atoms with E-state index in [-0.39, 0.29) is 11.9 Å². The normalized spacial score (nSPS) is 12.0. The largest absolute Gasteiger partial charge is 0.350 e. The van der Waals surface area contributed by atoms with Crippen LogP contribution in [0.25, 0.3) is 22.2 Å². The number of H-pyrrole nitrogens is 1. The Hall–Kier alpha value is -3.40. The summed E-state index contributed by atoms with van der Waals surface area (Å²) in [5.74, 6) is 0.872. The average Bonchev–Trinajstić information content (AvgIpc) is 3.16. The van der Waals surface area contributed by atoms with Crippen molar-refractivity contribution in [2.24, 2.45) is 0 Å². The van der Waals surface area contributed by atoms with Gasteiger partial charge in [0.1, 0.15) is 5.82 Å². The smallest absolute Gasteiger partial charge is 0.220 e. The molecule has 28 heavy (non-hydrogen) atoms. The van der Waals surface area contributed by atoms with Crippen LogP contribution in [0.15, 0.2) is 78.9 Å². The Morgan fingerprint density at radius 1 is 0.929 bits per heavy atom. The Balaban J connectivity index is 1.33. The molecule has 0 radical (unpaired) electrons. The third-order valence-corrected chi connectivity index (χ3v) is 4.92. The van der Waals surface area contributed by atoms with Gasteiger partial charge in [0.2, 0.25) is 5.91 Å². The predicted molar refractivity (Wildman–Crippen MR) is 113 cm³/mol. The SMILES string of the molecule is C[C@H](NC(=O)CCc1nc2ccccc2[nH]1)c1ccc(-c2ccccc2)cc1. The summed E-state index contributed by atoms with van der Waals surface area (Å²) >= 11 is 0. The molecule has 1 amide bonds. The lowest BCUT2D eigenvalue weighted by Gasteiger charge is -2.15. The minimum atomic E-state index is -0.0343. The fourth-order valence-corrected chi connectivity index (χ4v) is 3.35. The number of carbonyl (C=O) groups is 1. The molecule has 0 aliphatic heterocycles. The van der Waals surface area contributed by atoms with Crippen LogP contribution < -0.4 is 5.32 Å². The molecule has 0 saturated heterocycles. The number of aromatic nitrogens is 2. The Bertz CT molecular complexity index is 1030. The fourth-order valence-electron chi connectivity index (χ4n) is 3.35. The van der Waals surface area contributed by atoms with Crippen molar-refractivity contribution in [2.45, 2.75) is 25.8 Å². The molecule has 1 aromatic heterocycles. The number of imidazole rings is 1. The van der Waals surface area contributed by atoms with Crippen molar-refractivity contribution in [1.82, 2.24) is 15.3 Å². The molecule has 4 rings (SSSR count). The van der Waals surface area contributed by atoms with Gasteiger partial charge in [-0.05, 0) is 35.7 Å². The van der Waals surface area contributed by atoms with Crippen LogP contribution in [0.1, 0.15) is 30.8 Å². The molecule has 4 heteroatoms. The van der Waals surface area contributed by atoms with Gasteiger partial charge in [-0.3, -0.25) is 4.79 Å². The van der Waals surface area contributed by atoms with Gasteiger partial charge in [-0.25, -0.2) is 4.98 Å². The first-order chi connectivity index (χ1) is 13.7. The summed E-state index contributed by atoms with van der Waals surface area (Å²) in [5.41, 5.74) is 5.40. The third kappa shape index (κ3) is 4.12. The van der Waals surface area contributed by atoms with Crippen LogP contribution >= 0.6 is 0 Å². The number of hydrogen-bond acceptors (Lipinski definition) is 2. The Morgan fingerprint density at radius 3 is 2.36 bits per heavy atom. The van der Waals surface area contributed by atoms with Gasteiger partial charge < -0.3 is 10.3 Å². The topological polar surface area (TPSA) is 57.8 Å². The van der Waals surface area contributed by atoms with Gasteiger partial charge in [-0.2, -0.15) is 0 Å². The molecule has 2 N–H and O–H groups in total. The van der Waals surface area contributed by atoms with E-state index >= 15 is 0 Å². The first-order valence-electron chi connectivity index (χ1n) is 9.57. The van der Waals surface area contributed by atoms with Gasteiger partial charge in [0.05, 0.1) is 17.1 Å². The van der Waals surface area contributed by atoms with Crippen molar-refractivity contribution in [1.29, 1.82) is 0 Å². The Kier molecular flexibility index (Phi) is 5.20. The average molecular weight is 369 g/mol. The molecule has 1 heterocycles. The van der Waals surface area contributed by atoms with Gasteiger partial charge in [0, 0.05) is 12.8 Å². The van der Waals surface area contributed by atoms with Gasteiger partial charge in [0.25, 0.3) is 0 Å². The van der Waals surface area contributed by atoms with Gasteiger partial charge in [-0.1, -0.05) is 66.7 Å². The minimum absolute atomic E-state index is 0.0279. The van der Waals surface area contributed by atoms with Crippen molar-refractivity contribution in [3.8, 4) is 11.1 Å². The zero-order chi connectivity index (χ0) is 19.3. The molecule has 1 atom stereocenters. The van der Waals surface area contributed by atoms with E-state index in [0.29, 0.717) is 12.8 Å². The van der Waals surface area contributed by atoms with Crippen LogP contribution in [0.2, 0.25) is 0 Å². The van der Waals surface area contributed by atoms with Crippen molar-refractivity contribution in [2.75, 3.05) is 0 Å². The van der Waals surface area contributed by atoms with Crippen molar-refractivity contribution in [3.05, 3.63) is 90.3 Å². The van der Waals surface area contributed by atoms with Crippen LogP contribution in [-0.4, -0.2) is 15.9 Å². The van der Waals surface area contributed by atoms with E-state index in [0.717, 1.165) is 22.4 Å². The molecule has 0 aliphatic carbocycles.